The van der Waals surface area contributed by atoms with Crippen molar-refractivity contribution in [3.8, 4) is 0 Å². The van der Waals surface area contributed by atoms with Gasteiger partial charge in [0.05, 0.1) is 41.6 Å². The molecule has 0 aliphatic heterocycles. The highest BCUT2D eigenvalue weighted by atomic mass is 32.2. The van der Waals surface area contributed by atoms with Crippen molar-refractivity contribution in [2.45, 2.75) is 4.90 Å². The summed E-state index contributed by atoms with van der Waals surface area (Å²) >= 11 is 0. The summed E-state index contributed by atoms with van der Waals surface area (Å²) in [5.74, 6) is -2.92. The van der Waals surface area contributed by atoms with Gasteiger partial charge in [0.25, 0.3) is 10.0 Å². The van der Waals surface area contributed by atoms with Gasteiger partial charge in [-0.15, -0.1) is 0 Å². The van der Waals surface area contributed by atoms with E-state index in [0.29, 0.717) is 0 Å². The molecule has 0 spiro atoms. The molecule has 182 valence electrons. The zero-order chi connectivity index (χ0) is 25.6. The highest BCUT2D eigenvalue weighted by molar-refractivity contribution is 7.92. The van der Waals surface area contributed by atoms with Crippen LogP contribution in [0.5, 0.6) is 0 Å². The fourth-order valence-corrected chi connectivity index (χ4v) is 4.58. The van der Waals surface area contributed by atoms with E-state index in [1.165, 1.54) is 61.7 Å². The molecular formula is C24H21FN2O7S. The molecule has 0 aromatic heterocycles. The van der Waals surface area contributed by atoms with Crippen molar-refractivity contribution in [1.29, 1.82) is 0 Å². The van der Waals surface area contributed by atoms with E-state index in [9.17, 15) is 27.2 Å². The summed E-state index contributed by atoms with van der Waals surface area (Å²) in [5, 5.41) is 2.45. The van der Waals surface area contributed by atoms with E-state index in [2.05, 4.69) is 10.1 Å². The standard InChI is InChI=1S/C24H21FN2O7S/c1-33-23(29)16-8-13-20(24(30)34-2)21(14-16)26-22(28)15-27(18-11-9-17(25)10-12-18)35(31,32)19-6-4-3-5-7-19/h3-14H,15H2,1-2H3,(H,26,28). The molecule has 1 N–H and O–H groups in total. The van der Waals surface area contributed by atoms with Crippen molar-refractivity contribution in [3.05, 3.63) is 89.7 Å². The van der Waals surface area contributed by atoms with Gasteiger partial charge in [0.15, 0.2) is 0 Å². The first-order valence-corrected chi connectivity index (χ1v) is 11.5. The molecule has 0 radical (unpaired) electrons. The average Bonchev–Trinajstić information content (AvgIpc) is 2.87. The topological polar surface area (TPSA) is 119 Å². The molecule has 0 fully saturated rings. The monoisotopic (exact) mass is 500 g/mol. The first kappa shape index (κ1) is 25.4. The predicted molar refractivity (Wildman–Crippen MR) is 125 cm³/mol. The number of ether oxygens (including phenoxy) is 2. The highest BCUT2D eigenvalue weighted by Crippen LogP contribution is 2.25. The fourth-order valence-electron chi connectivity index (χ4n) is 3.14. The quantitative estimate of drug-likeness (QED) is 0.472. The second-order valence-electron chi connectivity index (χ2n) is 7.09. The van der Waals surface area contributed by atoms with E-state index in [4.69, 9.17) is 4.74 Å². The third kappa shape index (κ3) is 5.82. The van der Waals surface area contributed by atoms with Crippen molar-refractivity contribution in [3.63, 3.8) is 0 Å². The lowest BCUT2D eigenvalue weighted by Gasteiger charge is -2.24. The van der Waals surface area contributed by atoms with Crippen LogP contribution >= 0.6 is 0 Å². The summed E-state index contributed by atoms with van der Waals surface area (Å²) in [6.07, 6.45) is 0. The molecule has 0 bridgehead atoms. The molecule has 0 saturated carbocycles. The number of nitrogens with one attached hydrogen (secondary N) is 1. The van der Waals surface area contributed by atoms with E-state index in [1.54, 1.807) is 6.07 Å². The molecule has 35 heavy (non-hydrogen) atoms. The molecule has 1 amide bonds. The van der Waals surface area contributed by atoms with Gasteiger partial charge in [-0.05, 0) is 54.6 Å². The number of carbonyl (C=O) groups excluding carboxylic acids is 3. The Morgan fingerprint density at radius 2 is 1.51 bits per heavy atom. The molecule has 0 atom stereocenters. The zero-order valence-corrected chi connectivity index (χ0v) is 19.5. The number of anilines is 2. The van der Waals surface area contributed by atoms with Crippen LogP contribution in [0.2, 0.25) is 0 Å². The van der Waals surface area contributed by atoms with Crippen molar-refractivity contribution in [1.82, 2.24) is 0 Å². The Balaban J connectivity index is 1.99. The third-order valence-electron chi connectivity index (χ3n) is 4.85. The molecule has 3 aromatic rings. The van der Waals surface area contributed by atoms with E-state index in [1.807, 2.05) is 0 Å². The second-order valence-corrected chi connectivity index (χ2v) is 8.96. The van der Waals surface area contributed by atoms with Gasteiger partial charge in [0, 0.05) is 0 Å². The Bertz CT molecular complexity index is 1340. The summed E-state index contributed by atoms with van der Waals surface area (Å²) in [6, 6.07) is 15.8. The van der Waals surface area contributed by atoms with E-state index in [-0.39, 0.29) is 27.4 Å². The Morgan fingerprint density at radius 1 is 0.886 bits per heavy atom. The van der Waals surface area contributed by atoms with Gasteiger partial charge < -0.3 is 14.8 Å². The fraction of sp³-hybridized carbons (Fsp3) is 0.125. The van der Waals surface area contributed by atoms with Crippen LogP contribution in [0, 0.1) is 5.82 Å². The molecule has 11 heteroatoms. The van der Waals surface area contributed by atoms with Crippen LogP contribution in [0.25, 0.3) is 0 Å². The number of esters is 2. The van der Waals surface area contributed by atoms with Crippen molar-refractivity contribution < 1.29 is 36.7 Å². The minimum Gasteiger partial charge on any atom is -0.465 e. The summed E-state index contributed by atoms with van der Waals surface area (Å²) in [6.45, 7) is -0.716. The lowest BCUT2D eigenvalue weighted by molar-refractivity contribution is -0.114. The van der Waals surface area contributed by atoms with Crippen LogP contribution in [0.1, 0.15) is 20.7 Å². The van der Waals surface area contributed by atoms with Crippen LogP contribution < -0.4 is 9.62 Å². The summed E-state index contributed by atoms with van der Waals surface area (Å²) in [7, 11) is -1.91. The Labute approximate surface area is 201 Å². The van der Waals surface area contributed by atoms with E-state index >= 15 is 0 Å². The van der Waals surface area contributed by atoms with E-state index < -0.39 is 40.2 Å². The van der Waals surface area contributed by atoms with Crippen LogP contribution in [0.15, 0.2) is 77.7 Å². The van der Waals surface area contributed by atoms with E-state index in [0.717, 1.165) is 23.5 Å². The molecule has 0 aliphatic rings. The molecule has 0 saturated heterocycles. The molecule has 3 rings (SSSR count). The lowest BCUT2D eigenvalue weighted by Crippen LogP contribution is -2.38. The SMILES string of the molecule is COC(=O)c1ccc(C(=O)OC)c(NC(=O)CN(c2ccc(F)cc2)S(=O)(=O)c2ccccc2)c1. The molecule has 3 aromatic carbocycles. The van der Waals surface area contributed by atoms with Crippen LogP contribution in [-0.4, -0.2) is 47.0 Å². The van der Waals surface area contributed by atoms with Crippen LogP contribution in [-0.2, 0) is 24.3 Å². The number of amides is 1. The Hall–Kier alpha value is -4.25. The van der Waals surface area contributed by atoms with Gasteiger partial charge in [-0.2, -0.15) is 0 Å². The lowest BCUT2D eigenvalue weighted by atomic mass is 10.1. The smallest absolute Gasteiger partial charge is 0.339 e. The highest BCUT2D eigenvalue weighted by Gasteiger charge is 2.28. The maximum absolute atomic E-state index is 13.5. The summed E-state index contributed by atoms with van der Waals surface area (Å²) < 4.78 is 50.3. The Kier molecular flexibility index (Phi) is 7.82. The number of benzene rings is 3. The van der Waals surface area contributed by atoms with Gasteiger partial charge in [-0.3, -0.25) is 9.10 Å². The first-order chi connectivity index (χ1) is 16.7. The van der Waals surface area contributed by atoms with Crippen LogP contribution in [0.4, 0.5) is 15.8 Å². The third-order valence-corrected chi connectivity index (χ3v) is 6.64. The van der Waals surface area contributed by atoms with Gasteiger partial charge in [-0.1, -0.05) is 18.2 Å². The summed E-state index contributed by atoms with van der Waals surface area (Å²) in [4.78, 5) is 37.0. The first-order valence-electron chi connectivity index (χ1n) is 10.1. The van der Waals surface area contributed by atoms with Crippen molar-refractivity contribution in [2.24, 2.45) is 0 Å². The normalized spacial score (nSPS) is 10.8. The maximum atomic E-state index is 13.5. The Morgan fingerprint density at radius 3 is 2.11 bits per heavy atom. The minimum absolute atomic E-state index is 0.0434. The second kappa shape index (κ2) is 10.8. The number of halogens is 1. The van der Waals surface area contributed by atoms with Crippen molar-refractivity contribution in [2.75, 3.05) is 30.4 Å². The minimum atomic E-state index is -4.23. The molecule has 0 unspecified atom stereocenters. The van der Waals surface area contributed by atoms with Crippen molar-refractivity contribution >= 4 is 39.2 Å². The number of rotatable bonds is 8. The van der Waals surface area contributed by atoms with Gasteiger partial charge >= 0.3 is 11.9 Å². The molecule has 9 nitrogen and oxygen atoms in total. The molecular weight excluding hydrogens is 479 g/mol. The number of hydrogen-bond donors (Lipinski definition) is 1. The largest absolute Gasteiger partial charge is 0.465 e. The number of carbonyl (C=O) groups is 3. The van der Waals surface area contributed by atoms with Gasteiger partial charge in [0.1, 0.15) is 12.4 Å². The predicted octanol–water partition coefficient (Wildman–Crippen LogP) is 3.23. The maximum Gasteiger partial charge on any atom is 0.339 e. The van der Waals surface area contributed by atoms with Gasteiger partial charge in [0.2, 0.25) is 5.91 Å². The van der Waals surface area contributed by atoms with Gasteiger partial charge in [-0.25, -0.2) is 22.4 Å². The van der Waals surface area contributed by atoms with Crippen LogP contribution in [0.3, 0.4) is 0 Å². The summed E-state index contributed by atoms with van der Waals surface area (Å²) in [5.41, 5.74) is -0.0571. The average molecular weight is 501 g/mol. The number of hydrogen-bond acceptors (Lipinski definition) is 7. The molecule has 0 aliphatic carbocycles. The number of methoxy groups -OCH3 is 2. The number of sulfonamides is 1. The zero-order valence-electron chi connectivity index (χ0n) is 18.7. The molecule has 0 heterocycles. The number of nitrogens with zero attached hydrogens (tertiary/aromatic N) is 1.